The van der Waals surface area contributed by atoms with E-state index in [0.717, 1.165) is 77.7 Å². The molecule has 1 aliphatic carbocycles. The van der Waals surface area contributed by atoms with Gasteiger partial charge in [-0.25, -0.2) is 9.97 Å². The zero-order chi connectivity index (χ0) is 37.4. The molecule has 0 unspecified atom stereocenters. The Morgan fingerprint density at radius 3 is 1.95 bits per heavy atom. The van der Waals surface area contributed by atoms with E-state index >= 15 is 0 Å². The van der Waals surface area contributed by atoms with Crippen LogP contribution < -0.4 is 0 Å². The summed E-state index contributed by atoms with van der Waals surface area (Å²) in [4.78, 5) is 10.8. The largest absolute Gasteiger partial charge is 0.456 e. The predicted octanol–water partition coefficient (Wildman–Crippen LogP) is 14.2. The second kappa shape index (κ2) is 12.5. The lowest BCUT2D eigenvalue weighted by Gasteiger charge is -2.21. The topological polar surface area (TPSA) is 38.9 Å². The molecule has 0 aliphatic heterocycles. The first-order chi connectivity index (χ1) is 27.5. The second-order valence-electron chi connectivity index (χ2n) is 15.4. The van der Waals surface area contributed by atoms with E-state index < -0.39 is 0 Å². The Morgan fingerprint density at radius 1 is 0.393 bits per heavy atom. The highest BCUT2D eigenvalue weighted by Gasteiger charge is 2.36. The third kappa shape index (κ3) is 5.20. The van der Waals surface area contributed by atoms with Crippen LogP contribution in [0.15, 0.2) is 186 Å². The molecule has 0 fully saturated rings. The van der Waals surface area contributed by atoms with Crippen molar-refractivity contribution in [3.8, 4) is 67.3 Å². The lowest BCUT2D eigenvalue weighted by atomic mass is 9.82. The smallest absolute Gasteiger partial charge is 0.160 e. The van der Waals surface area contributed by atoms with Crippen LogP contribution >= 0.6 is 0 Å². The van der Waals surface area contributed by atoms with E-state index in [1.165, 1.54) is 27.6 Å². The Hall–Kier alpha value is -7.10. The molecule has 10 aromatic rings. The van der Waals surface area contributed by atoms with Crippen LogP contribution in [0.1, 0.15) is 25.0 Å². The van der Waals surface area contributed by atoms with Crippen molar-refractivity contribution in [3.05, 3.63) is 193 Å². The van der Waals surface area contributed by atoms with Crippen molar-refractivity contribution >= 4 is 32.7 Å². The van der Waals surface area contributed by atoms with Gasteiger partial charge in [0.1, 0.15) is 11.2 Å². The van der Waals surface area contributed by atoms with Crippen LogP contribution in [0.5, 0.6) is 0 Å². The number of nitrogens with zero attached hydrogens (tertiary/aromatic N) is 2. The molecule has 1 aliphatic rings. The third-order valence-corrected chi connectivity index (χ3v) is 11.7. The number of hydrogen-bond donors (Lipinski definition) is 0. The quantitative estimate of drug-likeness (QED) is 0.178. The summed E-state index contributed by atoms with van der Waals surface area (Å²) in [7, 11) is 0. The fourth-order valence-electron chi connectivity index (χ4n) is 8.80. The zero-order valence-corrected chi connectivity index (χ0v) is 31.1. The Balaban J connectivity index is 1.16. The van der Waals surface area contributed by atoms with Crippen LogP contribution in [0.25, 0.3) is 100.0 Å². The highest BCUT2D eigenvalue weighted by atomic mass is 16.3. The van der Waals surface area contributed by atoms with Gasteiger partial charge in [0, 0.05) is 32.9 Å². The van der Waals surface area contributed by atoms with Crippen LogP contribution in [0, 0.1) is 0 Å². The molecule has 3 heteroatoms. The minimum absolute atomic E-state index is 0.126. The van der Waals surface area contributed by atoms with E-state index in [-0.39, 0.29) is 5.41 Å². The number of hydrogen-bond acceptors (Lipinski definition) is 3. The Kier molecular flexibility index (Phi) is 7.20. The maximum atomic E-state index is 6.22. The molecular formula is C53H36N2O. The van der Waals surface area contributed by atoms with Crippen LogP contribution in [0.4, 0.5) is 0 Å². The van der Waals surface area contributed by atoms with E-state index in [1.54, 1.807) is 0 Å². The SMILES string of the molecule is CC1(C)c2ccccc2-c2c(-c3cc(-c4cc(-c5ccccc5)cc(-c5ccc6oc7ccccc7c6c5)c4)nc(-c4ccc5ccccc5c4)n3)cccc21. The van der Waals surface area contributed by atoms with Crippen molar-refractivity contribution < 1.29 is 4.42 Å². The average molecular weight is 717 g/mol. The van der Waals surface area contributed by atoms with Crippen molar-refractivity contribution in [1.29, 1.82) is 0 Å². The van der Waals surface area contributed by atoms with Gasteiger partial charge in [-0.1, -0.05) is 147 Å². The first kappa shape index (κ1) is 32.3. The fourth-order valence-corrected chi connectivity index (χ4v) is 8.80. The Bertz CT molecular complexity index is 3170. The molecule has 0 N–H and O–H groups in total. The lowest BCUT2D eigenvalue weighted by Crippen LogP contribution is -2.14. The normalized spacial score (nSPS) is 13.0. The summed E-state index contributed by atoms with van der Waals surface area (Å²) in [5.41, 5.74) is 16.2. The first-order valence-electron chi connectivity index (χ1n) is 19.2. The van der Waals surface area contributed by atoms with E-state index in [1.807, 2.05) is 12.1 Å². The summed E-state index contributed by atoms with van der Waals surface area (Å²) in [6.07, 6.45) is 0. The zero-order valence-electron chi connectivity index (χ0n) is 31.1. The second-order valence-corrected chi connectivity index (χ2v) is 15.4. The van der Waals surface area contributed by atoms with Gasteiger partial charge in [0.15, 0.2) is 5.82 Å². The molecule has 0 radical (unpaired) electrons. The number of para-hydroxylation sites is 1. The Labute approximate surface area is 325 Å². The van der Waals surface area contributed by atoms with Crippen molar-refractivity contribution in [2.45, 2.75) is 19.3 Å². The summed E-state index contributed by atoms with van der Waals surface area (Å²) in [5, 5.41) is 4.57. The fraction of sp³-hybridized carbons (Fsp3) is 0.0566. The third-order valence-electron chi connectivity index (χ3n) is 11.7. The van der Waals surface area contributed by atoms with Gasteiger partial charge < -0.3 is 4.42 Å². The predicted molar refractivity (Wildman–Crippen MR) is 232 cm³/mol. The summed E-state index contributed by atoms with van der Waals surface area (Å²) < 4.78 is 6.22. The molecule has 0 spiro atoms. The van der Waals surface area contributed by atoms with Gasteiger partial charge in [0.2, 0.25) is 0 Å². The van der Waals surface area contributed by atoms with Crippen molar-refractivity contribution in [1.82, 2.24) is 9.97 Å². The standard InChI is InChI=1S/C53H36N2O/c1-53(2)45-20-10-8-18-42(45)51-43(19-12-21-46(51)53)48-32-47(54-52(55-48)37-24-23-34-15-6-7-16-35(34)27-37)40-29-38(33-13-4-3-5-14-33)28-39(30-40)36-25-26-50-44(31-36)41-17-9-11-22-49(41)56-50/h3-32H,1-2H3. The highest BCUT2D eigenvalue weighted by molar-refractivity contribution is 6.06. The summed E-state index contributed by atoms with van der Waals surface area (Å²) in [6.45, 7) is 4.65. The molecule has 0 saturated carbocycles. The van der Waals surface area contributed by atoms with E-state index in [2.05, 4.69) is 184 Å². The van der Waals surface area contributed by atoms with E-state index in [0.29, 0.717) is 5.82 Å². The van der Waals surface area contributed by atoms with Crippen molar-refractivity contribution in [3.63, 3.8) is 0 Å². The van der Waals surface area contributed by atoms with Gasteiger partial charge in [-0.3, -0.25) is 0 Å². The molecule has 8 aromatic carbocycles. The van der Waals surface area contributed by atoms with E-state index in [9.17, 15) is 0 Å². The van der Waals surface area contributed by atoms with Gasteiger partial charge in [-0.05, 0) is 104 Å². The van der Waals surface area contributed by atoms with Crippen LogP contribution in [0.3, 0.4) is 0 Å². The molecular weight excluding hydrogens is 681 g/mol. The number of furan rings is 1. The molecule has 264 valence electrons. The molecule has 0 bridgehead atoms. The van der Waals surface area contributed by atoms with Gasteiger partial charge >= 0.3 is 0 Å². The molecule has 3 nitrogen and oxygen atoms in total. The van der Waals surface area contributed by atoms with Gasteiger partial charge in [0.05, 0.1) is 11.4 Å². The molecule has 56 heavy (non-hydrogen) atoms. The summed E-state index contributed by atoms with van der Waals surface area (Å²) in [6, 6.07) is 64.9. The van der Waals surface area contributed by atoms with Gasteiger partial charge in [-0.15, -0.1) is 0 Å². The van der Waals surface area contributed by atoms with Crippen LogP contribution in [0.2, 0.25) is 0 Å². The highest BCUT2D eigenvalue weighted by Crippen LogP contribution is 2.52. The number of fused-ring (bicyclic) bond motifs is 7. The number of rotatable bonds is 5. The monoisotopic (exact) mass is 716 g/mol. The van der Waals surface area contributed by atoms with E-state index in [4.69, 9.17) is 14.4 Å². The molecule has 11 rings (SSSR count). The average Bonchev–Trinajstić information content (AvgIpc) is 3.75. The maximum Gasteiger partial charge on any atom is 0.160 e. The molecule has 2 heterocycles. The van der Waals surface area contributed by atoms with Crippen LogP contribution in [-0.2, 0) is 5.41 Å². The molecule has 2 aromatic heterocycles. The minimum atomic E-state index is -0.126. The summed E-state index contributed by atoms with van der Waals surface area (Å²) >= 11 is 0. The number of aromatic nitrogens is 2. The van der Waals surface area contributed by atoms with Crippen molar-refractivity contribution in [2.75, 3.05) is 0 Å². The number of benzene rings is 8. The van der Waals surface area contributed by atoms with Crippen LogP contribution in [-0.4, -0.2) is 9.97 Å². The Morgan fingerprint density at radius 2 is 1.05 bits per heavy atom. The molecule has 0 amide bonds. The lowest BCUT2D eigenvalue weighted by molar-refractivity contribution is 0.660. The van der Waals surface area contributed by atoms with Crippen molar-refractivity contribution in [2.24, 2.45) is 0 Å². The van der Waals surface area contributed by atoms with Gasteiger partial charge in [0.25, 0.3) is 0 Å². The molecule has 0 saturated heterocycles. The maximum absolute atomic E-state index is 6.22. The van der Waals surface area contributed by atoms with Gasteiger partial charge in [-0.2, -0.15) is 0 Å². The minimum Gasteiger partial charge on any atom is -0.456 e. The summed E-state index contributed by atoms with van der Waals surface area (Å²) in [5.74, 6) is 0.698. The first-order valence-corrected chi connectivity index (χ1v) is 19.2. The molecule has 0 atom stereocenters.